The van der Waals surface area contributed by atoms with Gasteiger partial charge in [0.25, 0.3) is 0 Å². The van der Waals surface area contributed by atoms with Crippen molar-refractivity contribution >= 4 is 17.4 Å². The summed E-state index contributed by atoms with van der Waals surface area (Å²) in [6.45, 7) is 5.74. The molecule has 0 saturated carbocycles. The Kier molecular flexibility index (Phi) is 5.79. The van der Waals surface area contributed by atoms with Crippen LogP contribution in [0.3, 0.4) is 0 Å². The zero-order valence-electron chi connectivity index (χ0n) is 11.5. The molecule has 4 nitrogen and oxygen atoms in total. The molecule has 0 spiro atoms. The summed E-state index contributed by atoms with van der Waals surface area (Å²) in [7, 11) is 0. The van der Waals surface area contributed by atoms with Crippen LogP contribution in [0.25, 0.3) is 0 Å². The molecule has 0 atom stereocenters. The molecular formula is C13H18F3N3O. The van der Waals surface area contributed by atoms with Gasteiger partial charge in [-0.2, -0.15) is 13.2 Å². The first-order valence-electron chi connectivity index (χ1n) is 6.47. The molecule has 1 aromatic heterocycles. The third kappa shape index (κ3) is 4.71. The number of alkyl halides is 3. The Morgan fingerprint density at radius 3 is 2.25 bits per heavy atom. The van der Waals surface area contributed by atoms with Crippen molar-refractivity contribution in [2.45, 2.75) is 32.9 Å². The molecular weight excluding hydrogens is 271 g/mol. The van der Waals surface area contributed by atoms with Gasteiger partial charge in [-0.1, -0.05) is 13.8 Å². The summed E-state index contributed by atoms with van der Waals surface area (Å²) in [5.41, 5.74) is 0.0315. The van der Waals surface area contributed by atoms with Crippen LogP contribution in [0.2, 0.25) is 0 Å². The number of carbonyl (C=O) groups excluding carboxylic acids is 1. The van der Waals surface area contributed by atoms with E-state index >= 15 is 0 Å². The largest absolute Gasteiger partial charge is 0.471 e. The van der Waals surface area contributed by atoms with Crippen LogP contribution in [0.5, 0.6) is 0 Å². The van der Waals surface area contributed by atoms with Gasteiger partial charge < -0.3 is 10.2 Å². The van der Waals surface area contributed by atoms with E-state index in [0.29, 0.717) is 5.82 Å². The molecule has 1 amide bonds. The van der Waals surface area contributed by atoms with Crippen molar-refractivity contribution in [2.24, 2.45) is 0 Å². The lowest BCUT2D eigenvalue weighted by atomic mass is 10.3. The third-order valence-corrected chi connectivity index (χ3v) is 2.57. The summed E-state index contributed by atoms with van der Waals surface area (Å²) in [6.07, 6.45) is -1.76. The monoisotopic (exact) mass is 289 g/mol. The molecule has 20 heavy (non-hydrogen) atoms. The molecule has 1 aromatic rings. The second-order valence-electron chi connectivity index (χ2n) is 4.34. The summed E-state index contributed by atoms with van der Waals surface area (Å²) < 4.78 is 36.3. The molecule has 0 aliphatic rings. The van der Waals surface area contributed by atoms with Gasteiger partial charge in [-0.3, -0.25) is 4.79 Å². The molecule has 1 N–H and O–H groups in total. The van der Waals surface area contributed by atoms with Crippen molar-refractivity contribution in [1.29, 1.82) is 0 Å². The third-order valence-electron chi connectivity index (χ3n) is 2.57. The van der Waals surface area contributed by atoms with Crippen molar-refractivity contribution < 1.29 is 18.0 Å². The number of aromatic nitrogens is 1. The van der Waals surface area contributed by atoms with Gasteiger partial charge in [0, 0.05) is 13.1 Å². The maximum Gasteiger partial charge on any atom is 0.471 e. The van der Waals surface area contributed by atoms with Crippen LogP contribution in [0.1, 0.15) is 26.7 Å². The van der Waals surface area contributed by atoms with Gasteiger partial charge >= 0.3 is 12.1 Å². The number of rotatable bonds is 6. The number of pyridine rings is 1. The second-order valence-corrected chi connectivity index (χ2v) is 4.34. The zero-order valence-corrected chi connectivity index (χ0v) is 11.5. The van der Waals surface area contributed by atoms with E-state index in [4.69, 9.17) is 0 Å². The first-order valence-corrected chi connectivity index (χ1v) is 6.47. The second kappa shape index (κ2) is 7.12. The minimum absolute atomic E-state index is 0.0315. The average molecular weight is 289 g/mol. The van der Waals surface area contributed by atoms with Crippen LogP contribution in [0.15, 0.2) is 18.3 Å². The van der Waals surface area contributed by atoms with Gasteiger partial charge in [0.1, 0.15) is 5.82 Å². The molecule has 0 aromatic carbocycles. The minimum atomic E-state index is -4.89. The molecule has 0 aliphatic heterocycles. The van der Waals surface area contributed by atoms with Crippen LogP contribution in [-0.4, -0.2) is 30.2 Å². The average Bonchev–Trinajstić information content (AvgIpc) is 2.38. The van der Waals surface area contributed by atoms with Gasteiger partial charge in [-0.15, -0.1) is 0 Å². The number of amides is 1. The van der Waals surface area contributed by atoms with E-state index in [0.717, 1.165) is 25.9 Å². The Bertz CT molecular complexity index is 425. The smallest absolute Gasteiger partial charge is 0.357 e. The summed E-state index contributed by atoms with van der Waals surface area (Å²) in [5, 5.41) is 1.77. The van der Waals surface area contributed by atoms with Gasteiger partial charge in [0.05, 0.1) is 11.9 Å². The van der Waals surface area contributed by atoms with Crippen LogP contribution in [0.4, 0.5) is 24.7 Å². The predicted octanol–water partition coefficient (Wildman–Crippen LogP) is 3.21. The molecule has 7 heteroatoms. The van der Waals surface area contributed by atoms with E-state index < -0.39 is 12.1 Å². The number of hydrogen-bond donors (Lipinski definition) is 1. The maximum atomic E-state index is 12.1. The first-order chi connectivity index (χ1) is 9.38. The Hall–Kier alpha value is -1.79. The van der Waals surface area contributed by atoms with Crippen molar-refractivity contribution in [3.05, 3.63) is 18.3 Å². The van der Waals surface area contributed by atoms with Gasteiger partial charge in [0.15, 0.2) is 0 Å². The van der Waals surface area contributed by atoms with Crippen molar-refractivity contribution in [3.8, 4) is 0 Å². The van der Waals surface area contributed by atoms with Crippen LogP contribution >= 0.6 is 0 Å². The Balaban J connectivity index is 2.75. The van der Waals surface area contributed by atoms with Gasteiger partial charge in [-0.05, 0) is 25.0 Å². The Morgan fingerprint density at radius 2 is 1.85 bits per heavy atom. The number of anilines is 2. The molecule has 112 valence electrons. The fraction of sp³-hybridized carbons (Fsp3) is 0.538. The lowest BCUT2D eigenvalue weighted by Crippen LogP contribution is -2.30. The number of nitrogens with zero attached hydrogens (tertiary/aromatic N) is 2. The summed E-state index contributed by atoms with van der Waals surface area (Å²) in [4.78, 5) is 16.9. The van der Waals surface area contributed by atoms with E-state index in [1.54, 1.807) is 11.4 Å². The Morgan fingerprint density at radius 1 is 1.25 bits per heavy atom. The molecule has 0 fully saturated rings. The number of nitrogens with one attached hydrogen (secondary N) is 1. The lowest BCUT2D eigenvalue weighted by Gasteiger charge is -2.22. The SMILES string of the molecule is CCCN(CCC)c1ccc(NC(=O)C(F)(F)F)cn1. The lowest BCUT2D eigenvalue weighted by molar-refractivity contribution is -0.167. The Labute approximate surface area is 116 Å². The normalized spacial score (nSPS) is 11.2. The number of halogens is 3. The number of hydrogen-bond acceptors (Lipinski definition) is 3. The highest BCUT2D eigenvalue weighted by atomic mass is 19.4. The zero-order chi connectivity index (χ0) is 15.2. The summed E-state index contributed by atoms with van der Waals surface area (Å²) >= 11 is 0. The fourth-order valence-corrected chi connectivity index (χ4v) is 1.73. The summed E-state index contributed by atoms with van der Waals surface area (Å²) in [6, 6.07) is 3.03. The van der Waals surface area contributed by atoms with Crippen LogP contribution in [0, 0.1) is 0 Å². The quantitative estimate of drug-likeness (QED) is 0.874. The van der Waals surface area contributed by atoms with E-state index in [9.17, 15) is 18.0 Å². The van der Waals surface area contributed by atoms with E-state index in [2.05, 4.69) is 9.88 Å². The van der Waals surface area contributed by atoms with Gasteiger partial charge in [0.2, 0.25) is 0 Å². The first kappa shape index (κ1) is 16.3. The van der Waals surface area contributed by atoms with Crippen LogP contribution < -0.4 is 10.2 Å². The molecule has 1 rings (SSSR count). The maximum absolute atomic E-state index is 12.1. The van der Waals surface area contributed by atoms with E-state index in [1.807, 2.05) is 13.8 Å². The molecule has 0 radical (unpaired) electrons. The van der Waals surface area contributed by atoms with E-state index in [1.165, 1.54) is 12.3 Å². The predicted molar refractivity (Wildman–Crippen MR) is 71.7 cm³/mol. The highest BCUT2D eigenvalue weighted by molar-refractivity contribution is 5.94. The van der Waals surface area contributed by atoms with Crippen molar-refractivity contribution in [1.82, 2.24) is 4.98 Å². The highest BCUT2D eigenvalue weighted by Crippen LogP contribution is 2.19. The topological polar surface area (TPSA) is 45.2 Å². The molecule has 1 heterocycles. The van der Waals surface area contributed by atoms with Crippen molar-refractivity contribution in [3.63, 3.8) is 0 Å². The summed E-state index contributed by atoms with van der Waals surface area (Å²) in [5.74, 6) is -1.30. The molecule has 0 unspecified atom stereocenters. The van der Waals surface area contributed by atoms with Crippen LogP contribution in [-0.2, 0) is 4.79 Å². The fourth-order valence-electron chi connectivity index (χ4n) is 1.73. The standard InChI is InChI=1S/C13H18F3N3O/c1-3-7-19(8-4-2)11-6-5-10(9-17-11)18-12(20)13(14,15)16/h5-6,9H,3-4,7-8H2,1-2H3,(H,18,20). The molecule has 0 aliphatic carbocycles. The van der Waals surface area contributed by atoms with Crippen molar-refractivity contribution in [2.75, 3.05) is 23.3 Å². The van der Waals surface area contributed by atoms with E-state index in [-0.39, 0.29) is 5.69 Å². The molecule has 0 saturated heterocycles. The minimum Gasteiger partial charge on any atom is -0.357 e. The molecule has 0 bridgehead atoms. The van der Waals surface area contributed by atoms with Gasteiger partial charge in [-0.25, -0.2) is 4.98 Å². The highest BCUT2D eigenvalue weighted by Gasteiger charge is 2.38. The number of carbonyl (C=O) groups is 1.